The van der Waals surface area contributed by atoms with Gasteiger partial charge in [0.2, 0.25) is 10.0 Å². The predicted octanol–water partition coefficient (Wildman–Crippen LogP) is -0.593. The van der Waals surface area contributed by atoms with Crippen LogP contribution in [0.3, 0.4) is 0 Å². The van der Waals surface area contributed by atoms with Gasteiger partial charge in [-0.2, -0.15) is 0 Å². The first-order chi connectivity index (χ1) is 7.49. The second kappa shape index (κ2) is 5.92. The fourth-order valence-corrected chi connectivity index (χ4v) is 1.60. The molecule has 16 heavy (non-hydrogen) atoms. The molecule has 8 heteroatoms. The van der Waals surface area contributed by atoms with Crippen LogP contribution in [0.2, 0.25) is 0 Å². The molecule has 0 amide bonds. The Morgan fingerprint density at radius 1 is 1.31 bits per heavy atom. The van der Waals surface area contributed by atoms with E-state index in [1.54, 1.807) is 0 Å². The minimum absolute atomic E-state index is 0.432. The zero-order valence-electron chi connectivity index (χ0n) is 9.36. The van der Waals surface area contributed by atoms with Crippen LogP contribution in [0.25, 0.3) is 0 Å². The van der Waals surface area contributed by atoms with Gasteiger partial charge < -0.3 is 5.32 Å². The summed E-state index contributed by atoms with van der Waals surface area (Å²) in [5.41, 5.74) is 1.54. The Hall–Kier alpha value is -0.990. The second-order valence-corrected chi connectivity index (χ2v) is 5.33. The molecule has 0 radical (unpaired) electrons. The van der Waals surface area contributed by atoms with Crippen LogP contribution < -0.4 is 10.0 Å². The molecule has 0 bridgehead atoms. The lowest BCUT2D eigenvalue weighted by molar-refractivity contribution is 0.300. The van der Waals surface area contributed by atoms with Crippen molar-refractivity contribution in [3.8, 4) is 0 Å². The largest absolute Gasteiger partial charge is 0.311 e. The normalized spacial score (nSPS) is 11.9. The number of hydrogen-bond acceptors (Lipinski definition) is 6. The van der Waals surface area contributed by atoms with Crippen LogP contribution in [0.1, 0.15) is 17.8 Å². The highest BCUT2D eigenvalue weighted by Gasteiger charge is 2.03. The molecule has 0 aliphatic rings. The third-order valence-corrected chi connectivity index (χ3v) is 2.66. The maximum atomic E-state index is 10.7. The SMILES string of the molecule is Cc1nonc1CNCCCNS(C)(=O)=O. The molecular formula is C8H16N4O3S. The number of rotatable bonds is 7. The highest BCUT2D eigenvalue weighted by molar-refractivity contribution is 7.88. The number of sulfonamides is 1. The fraction of sp³-hybridized carbons (Fsp3) is 0.750. The van der Waals surface area contributed by atoms with Gasteiger partial charge in [0.05, 0.1) is 6.26 Å². The van der Waals surface area contributed by atoms with Crippen molar-refractivity contribution in [2.24, 2.45) is 0 Å². The summed E-state index contributed by atoms with van der Waals surface area (Å²) in [4.78, 5) is 0. The van der Waals surface area contributed by atoms with Crippen molar-refractivity contribution in [2.45, 2.75) is 19.9 Å². The highest BCUT2D eigenvalue weighted by atomic mass is 32.2. The van der Waals surface area contributed by atoms with Crippen LogP contribution >= 0.6 is 0 Å². The summed E-state index contributed by atoms with van der Waals surface area (Å²) < 4.78 is 28.4. The van der Waals surface area contributed by atoms with Crippen molar-refractivity contribution < 1.29 is 13.0 Å². The lowest BCUT2D eigenvalue weighted by Gasteiger charge is -2.03. The molecule has 2 N–H and O–H groups in total. The maximum absolute atomic E-state index is 10.7. The first kappa shape index (κ1) is 13.1. The molecule has 0 spiro atoms. The van der Waals surface area contributed by atoms with Gasteiger partial charge in [-0.05, 0) is 19.9 Å². The van der Waals surface area contributed by atoms with E-state index >= 15 is 0 Å². The standard InChI is InChI=1S/C8H16N4O3S/c1-7-8(12-15-11-7)6-9-4-3-5-10-16(2,13)14/h9-10H,3-6H2,1-2H3. The van der Waals surface area contributed by atoms with Gasteiger partial charge in [0, 0.05) is 13.1 Å². The quantitative estimate of drug-likeness (QED) is 0.626. The van der Waals surface area contributed by atoms with Gasteiger partial charge in [-0.15, -0.1) is 0 Å². The Morgan fingerprint density at radius 3 is 2.62 bits per heavy atom. The van der Waals surface area contributed by atoms with Crippen molar-refractivity contribution in [3.05, 3.63) is 11.4 Å². The molecule has 1 aromatic rings. The number of aryl methyl sites for hydroxylation is 1. The smallest absolute Gasteiger partial charge is 0.208 e. The summed E-state index contributed by atoms with van der Waals surface area (Å²) in [6.45, 7) is 3.53. The van der Waals surface area contributed by atoms with Gasteiger partial charge in [0.25, 0.3) is 0 Å². The van der Waals surface area contributed by atoms with E-state index in [-0.39, 0.29) is 0 Å². The Morgan fingerprint density at radius 2 is 2.06 bits per heavy atom. The van der Waals surface area contributed by atoms with E-state index < -0.39 is 10.0 Å². The van der Waals surface area contributed by atoms with E-state index in [0.717, 1.165) is 24.1 Å². The van der Waals surface area contributed by atoms with Gasteiger partial charge >= 0.3 is 0 Å². The zero-order chi connectivity index (χ0) is 12.0. The van der Waals surface area contributed by atoms with Crippen molar-refractivity contribution >= 4 is 10.0 Å². The molecule has 0 saturated heterocycles. The van der Waals surface area contributed by atoms with E-state index in [1.165, 1.54) is 0 Å². The van der Waals surface area contributed by atoms with Crippen molar-refractivity contribution in [2.75, 3.05) is 19.3 Å². The van der Waals surface area contributed by atoms with Crippen molar-refractivity contribution in [1.29, 1.82) is 0 Å². The van der Waals surface area contributed by atoms with Gasteiger partial charge in [-0.25, -0.2) is 17.8 Å². The molecule has 92 valence electrons. The van der Waals surface area contributed by atoms with Crippen LogP contribution in [-0.4, -0.2) is 38.1 Å². The summed E-state index contributed by atoms with van der Waals surface area (Å²) in [5, 5.41) is 10.5. The summed E-state index contributed by atoms with van der Waals surface area (Å²) in [5.74, 6) is 0. The molecule has 7 nitrogen and oxygen atoms in total. The predicted molar refractivity (Wildman–Crippen MR) is 58.2 cm³/mol. The van der Waals surface area contributed by atoms with Gasteiger partial charge in [-0.3, -0.25) is 0 Å². The minimum atomic E-state index is -3.08. The van der Waals surface area contributed by atoms with Crippen molar-refractivity contribution in [3.63, 3.8) is 0 Å². The lowest BCUT2D eigenvalue weighted by Crippen LogP contribution is -2.26. The molecule has 0 fully saturated rings. The van der Waals surface area contributed by atoms with Gasteiger partial charge in [-0.1, -0.05) is 10.3 Å². The second-order valence-electron chi connectivity index (χ2n) is 3.49. The Labute approximate surface area is 94.6 Å². The van der Waals surface area contributed by atoms with Gasteiger partial charge in [0.1, 0.15) is 11.4 Å². The van der Waals surface area contributed by atoms with E-state index in [0.29, 0.717) is 19.6 Å². The minimum Gasteiger partial charge on any atom is -0.311 e. The summed E-state index contributed by atoms with van der Waals surface area (Å²) in [6.07, 6.45) is 1.86. The first-order valence-electron chi connectivity index (χ1n) is 4.92. The first-order valence-corrected chi connectivity index (χ1v) is 6.81. The molecule has 1 heterocycles. The molecule has 0 atom stereocenters. The van der Waals surface area contributed by atoms with E-state index in [2.05, 4.69) is 25.0 Å². The summed E-state index contributed by atoms with van der Waals surface area (Å²) in [6, 6.07) is 0. The number of nitrogens with zero attached hydrogens (tertiary/aromatic N) is 2. The molecular weight excluding hydrogens is 232 g/mol. The maximum Gasteiger partial charge on any atom is 0.208 e. The monoisotopic (exact) mass is 248 g/mol. The third kappa shape index (κ3) is 5.19. The number of nitrogens with one attached hydrogen (secondary N) is 2. The number of hydrogen-bond donors (Lipinski definition) is 2. The molecule has 0 aliphatic carbocycles. The van der Waals surface area contributed by atoms with Crippen LogP contribution in [0.15, 0.2) is 4.63 Å². The average molecular weight is 248 g/mol. The summed E-state index contributed by atoms with van der Waals surface area (Å²) >= 11 is 0. The van der Waals surface area contributed by atoms with Crippen molar-refractivity contribution in [1.82, 2.24) is 20.4 Å². The lowest BCUT2D eigenvalue weighted by atomic mass is 10.3. The molecule has 1 rings (SSSR count). The third-order valence-electron chi connectivity index (χ3n) is 1.93. The van der Waals surface area contributed by atoms with Crippen LogP contribution in [0.5, 0.6) is 0 Å². The number of aromatic nitrogens is 2. The molecule has 0 aliphatic heterocycles. The Kier molecular flexibility index (Phi) is 4.84. The van der Waals surface area contributed by atoms with Crippen LogP contribution in [0.4, 0.5) is 0 Å². The van der Waals surface area contributed by atoms with Gasteiger partial charge in [0.15, 0.2) is 0 Å². The molecule has 0 saturated carbocycles. The Bertz CT molecular complexity index is 415. The molecule has 0 unspecified atom stereocenters. The van der Waals surface area contributed by atoms with Crippen LogP contribution in [-0.2, 0) is 16.6 Å². The fourth-order valence-electron chi connectivity index (χ4n) is 1.09. The zero-order valence-corrected chi connectivity index (χ0v) is 10.2. The van der Waals surface area contributed by atoms with Crippen LogP contribution in [0, 0.1) is 6.92 Å². The topological polar surface area (TPSA) is 97.1 Å². The summed E-state index contributed by atoms with van der Waals surface area (Å²) in [7, 11) is -3.08. The highest BCUT2D eigenvalue weighted by Crippen LogP contribution is 1.98. The molecule has 0 aromatic carbocycles. The van der Waals surface area contributed by atoms with E-state index in [4.69, 9.17) is 0 Å². The molecule has 1 aromatic heterocycles. The van der Waals surface area contributed by atoms with E-state index in [1.807, 2.05) is 6.92 Å². The van der Waals surface area contributed by atoms with E-state index in [9.17, 15) is 8.42 Å². The average Bonchev–Trinajstić information content (AvgIpc) is 2.56. The Balaban J connectivity index is 2.07.